The third-order valence-corrected chi connectivity index (χ3v) is 4.01. The van der Waals surface area contributed by atoms with Crippen LogP contribution in [0.25, 0.3) is 33.1 Å². The molecule has 0 radical (unpaired) electrons. The summed E-state index contributed by atoms with van der Waals surface area (Å²) in [6.07, 6.45) is 1.71. The van der Waals surface area contributed by atoms with E-state index < -0.39 is 0 Å². The Balaban J connectivity index is 1.93. The third kappa shape index (κ3) is 2.13. The lowest BCUT2D eigenvalue weighted by Gasteiger charge is -2.05. The summed E-state index contributed by atoms with van der Waals surface area (Å²) in [6.45, 7) is 0. The summed E-state index contributed by atoms with van der Waals surface area (Å²) in [7, 11) is 0. The van der Waals surface area contributed by atoms with Crippen LogP contribution in [0, 0.1) is 0 Å². The number of furan rings is 1. The van der Waals surface area contributed by atoms with Gasteiger partial charge in [0.15, 0.2) is 5.84 Å². The van der Waals surface area contributed by atoms with Crippen LogP contribution in [0.15, 0.2) is 64.3 Å². The molecule has 0 saturated heterocycles. The van der Waals surface area contributed by atoms with Gasteiger partial charge in [0.25, 0.3) is 0 Å². The zero-order valence-electron chi connectivity index (χ0n) is 12.6. The molecule has 0 amide bonds. The minimum absolute atomic E-state index is 0.0365. The first kappa shape index (κ1) is 14.1. The van der Waals surface area contributed by atoms with Gasteiger partial charge in [0.1, 0.15) is 17.2 Å². The number of oxime groups is 1. The number of aromatic nitrogens is 1. The van der Waals surface area contributed by atoms with Gasteiger partial charge in [0.05, 0.1) is 0 Å². The highest BCUT2D eigenvalue weighted by atomic mass is 16.4. The summed E-state index contributed by atoms with van der Waals surface area (Å²) in [5, 5.41) is 14.6. The van der Waals surface area contributed by atoms with E-state index >= 15 is 0 Å². The van der Waals surface area contributed by atoms with Crippen LogP contribution in [-0.4, -0.2) is 16.0 Å². The molecule has 0 fully saturated rings. The Morgan fingerprint density at radius 1 is 1.08 bits per heavy atom. The fourth-order valence-corrected chi connectivity index (χ4v) is 2.79. The lowest BCUT2D eigenvalue weighted by Crippen LogP contribution is -2.12. The fourth-order valence-electron chi connectivity index (χ4n) is 2.79. The molecule has 0 aliphatic heterocycles. The van der Waals surface area contributed by atoms with Gasteiger partial charge >= 0.3 is 0 Å². The van der Waals surface area contributed by atoms with Crippen molar-refractivity contribution in [1.29, 1.82) is 0 Å². The number of pyridine rings is 1. The number of hydrogen-bond donors (Lipinski definition) is 3. The lowest BCUT2D eigenvalue weighted by atomic mass is 10.0. The molecule has 0 saturated carbocycles. The van der Waals surface area contributed by atoms with E-state index in [2.05, 4.69) is 10.1 Å². The minimum Gasteiger partial charge on any atom is -0.456 e. The summed E-state index contributed by atoms with van der Waals surface area (Å²) >= 11 is 0. The standard InChI is InChI=1S/C18H14N4O2/c19-17(22-23)11-6-5-10-7-16(24-15(10)8-11)14-9-21-18(20)13-4-2-1-3-12(13)14/h1-9,23H,(H2,19,22)(H2,20,21). The summed E-state index contributed by atoms with van der Waals surface area (Å²) in [5.74, 6) is 1.21. The van der Waals surface area contributed by atoms with Gasteiger partial charge in [-0.3, -0.25) is 0 Å². The average molecular weight is 318 g/mol. The molecule has 5 N–H and O–H groups in total. The molecule has 2 aromatic heterocycles. The molecule has 2 heterocycles. The normalized spacial score (nSPS) is 12.1. The highest BCUT2D eigenvalue weighted by Crippen LogP contribution is 2.34. The molecule has 0 aliphatic carbocycles. The van der Waals surface area contributed by atoms with Crippen molar-refractivity contribution in [2.75, 3.05) is 5.73 Å². The van der Waals surface area contributed by atoms with Crippen LogP contribution in [0.5, 0.6) is 0 Å². The predicted molar refractivity (Wildman–Crippen MR) is 93.9 cm³/mol. The van der Waals surface area contributed by atoms with Gasteiger partial charge in [-0.05, 0) is 17.5 Å². The molecular formula is C18H14N4O2. The molecule has 0 bridgehead atoms. The molecule has 4 aromatic rings. The van der Waals surface area contributed by atoms with E-state index in [1.807, 2.05) is 36.4 Å². The monoisotopic (exact) mass is 318 g/mol. The Kier molecular flexibility index (Phi) is 3.09. The zero-order chi connectivity index (χ0) is 16.7. The number of hydrogen-bond acceptors (Lipinski definition) is 5. The Bertz CT molecular complexity index is 1100. The van der Waals surface area contributed by atoms with Crippen molar-refractivity contribution in [3.05, 3.63) is 60.3 Å². The number of nitrogen functional groups attached to an aromatic ring is 1. The molecular weight excluding hydrogens is 304 g/mol. The molecule has 0 atom stereocenters. The second-order valence-electron chi connectivity index (χ2n) is 5.45. The fraction of sp³-hybridized carbons (Fsp3) is 0. The average Bonchev–Trinajstić information content (AvgIpc) is 3.04. The maximum atomic E-state index is 8.80. The molecule has 118 valence electrons. The Labute approximate surface area is 137 Å². The van der Waals surface area contributed by atoms with Gasteiger partial charge in [-0.15, -0.1) is 0 Å². The minimum atomic E-state index is 0.0365. The first-order valence-electron chi connectivity index (χ1n) is 7.32. The van der Waals surface area contributed by atoms with Crippen molar-refractivity contribution < 1.29 is 9.62 Å². The molecule has 4 rings (SSSR count). The van der Waals surface area contributed by atoms with Gasteiger partial charge in [-0.1, -0.05) is 41.6 Å². The zero-order valence-corrected chi connectivity index (χ0v) is 12.6. The second kappa shape index (κ2) is 5.27. The van der Waals surface area contributed by atoms with Crippen molar-refractivity contribution in [2.45, 2.75) is 0 Å². The summed E-state index contributed by atoms with van der Waals surface area (Å²) in [4.78, 5) is 4.26. The van der Waals surface area contributed by atoms with Gasteiger partial charge in [-0.2, -0.15) is 0 Å². The number of fused-ring (bicyclic) bond motifs is 2. The van der Waals surface area contributed by atoms with Crippen LogP contribution in [0.4, 0.5) is 5.82 Å². The quantitative estimate of drug-likeness (QED) is 0.227. The molecule has 0 aliphatic rings. The van der Waals surface area contributed by atoms with Crippen LogP contribution in [-0.2, 0) is 0 Å². The Morgan fingerprint density at radius 3 is 2.67 bits per heavy atom. The number of amidine groups is 1. The molecule has 24 heavy (non-hydrogen) atoms. The number of anilines is 1. The van der Waals surface area contributed by atoms with Crippen molar-refractivity contribution in [1.82, 2.24) is 4.98 Å². The van der Waals surface area contributed by atoms with E-state index in [4.69, 9.17) is 21.1 Å². The maximum Gasteiger partial charge on any atom is 0.170 e. The van der Waals surface area contributed by atoms with Crippen LogP contribution >= 0.6 is 0 Å². The van der Waals surface area contributed by atoms with Gasteiger partial charge in [0, 0.05) is 28.1 Å². The van der Waals surface area contributed by atoms with E-state index in [0.29, 0.717) is 22.7 Å². The van der Waals surface area contributed by atoms with Gasteiger partial charge < -0.3 is 21.1 Å². The van der Waals surface area contributed by atoms with Crippen molar-refractivity contribution in [2.24, 2.45) is 10.9 Å². The van der Waals surface area contributed by atoms with Crippen LogP contribution in [0.2, 0.25) is 0 Å². The van der Waals surface area contributed by atoms with Gasteiger partial charge in [0.2, 0.25) is 0 Å². The first-order valence-corrected chi connectivity index (χ1v) is 7.32. The van der Waals surface area contributed by atoms with Crippen molar-refractivity contribution in [3.8, 4) is 11.3 Å². The van der Waals surface area contributed by atoms with Gasteiger partial charge in [-0.25, -0.2) is 4.98 Å². The molecule has 0 spiro atoms. The van der Waals surface area contributed by atoms with E-state index in [0.717, 1.165) is 21.7 Å². The summed E-state index contributed by atoms with van der Waals surface area (Å²) in [6, 6.07) is 15.1. The van der Waals surface area contributed by atoms with Crippen LogP contribution in [0.1, 0.15) is 5.56 Å². The lowest BCUT2D eigenvalue weighted by molar-refractivity contribution is 0.318. The Morgan fingerprint density at radius 2 is 1.88 bits per heavy atom. The molecule has 2 aromatic carbocycles. The molecule has 6 nitrogen and oxygen atoms in total. The van der Waals surface area contributed by atoms with E-state index in [1.54, 1.807) is 18.3 Å². The summed E-state index contributed by atoms with van der Waals surface area (Å²) in [5.41, 5.74) is 13.7. The maximum absolute atomic E-state index is 8.80. The summed E-state index contributed by atoms with van der Waals surface area (Å²) < 4.78 is 5.96. The molecule has 6 heteroatoms. The predicted octanol–water partition coefficient (Wildman–Crippen LogP) is 3.32. The highest BCUT2D eigenvalue weighted by molar-refractivity contribution is 6.03. The first-order chi connectivity index (χ1) is 11.7. The number of rotatable bonds is 2. The number of benzene rings is 2. The number of nitrogens with zero attached hydrogens (tertiary/aromatic N) is 2. The van der Waals surface area contributed by atoms with Crippen LogP contribution in [0.3, 0.4) is 0 Å². The van der Waals surface area contributed by atoms with E-state index in [9.17, 15) is 0 Å². The Hall–Kier alpha value is -3.54. The largest absolute Gasteiger partial charge is 0.456 e. The van der Waals surface area contributed by atoms with Crippen molar-refractivity contribution >= 4 is 33.4 Å². The topological polar surface area (TPSA) is 111 Å². The van der Waals surface area contributed by atoms with Crippen LogP contribution < -0.4 is 11.5 Å². The van der Waals surface area contributed by atoms with Crippen molar-refractivity contribution in [3.63, 3.8) is 0 Å². The smallest absolute Gasteiger partial charge is 0.170 e. The second-order valence-corrected chi connectivity index (χ2v) is 5.45. The SMILES string of the molecule is N/C(=N\O)c1ccc2cc(-c3cnc(N)c4ccccc34)oc2c1. The highest BCUT2D eigenvalue weighted by Gasteiger charge is 2.12. The van der Waals surface area contributed by atoms with E-state index in [-0.39, 0.29) is 5.84 Å². The van der Waals surface area contributed by atoms with E-state index in [1.165, 1.54) is 0 Å². The third-order valence-electron chi connectivity index (χ3n) is 4.01. The molecule has 0 unspecified atom stereocenters. The number of nitrogens with two attached hydrogens (primary N) is 2.